The van der Waals surface area contributed by atoms with Crippen molar-refractivity contribution in [2.75, 3.05) is 38.2 Å². The van der Waals surface area contributed by atoms with Crippen molar-refractivity contribution in [1.82, 2.24) is 9.88 Å². The number of ether oxygens (including phenoxy) is 1. The van der Waals surface area contributed by atoms with Crippen molar-refractivity contribution in [2.45, 2.75) is 0 Å². The number of anilines is 1. The van der Waals surface area contributed by atoms with E-state index in [1.165, 1.54) is 12.1 Å². The first kappa shape index (κ1) is 18.0. The average Bonchev–Trinajstić information content (AvgIpc) is 3.12. The zero-order valence-electron chi connectivity index (χ0n) is 14.6. The Bertz CT molecular complexity index is 1000. The van der Waals surface area contributed by atoms with Gasteiger partial charge in [-0.1, -0.05) is 35.1 Å². The molecule has 1 amide bonds. The maximum absolute atomic E-state index is 13.9. The Morgan fingerprint density at radius 1 is 1.19 bits per heavy atom. The zero-order chi connectivity index (χ0) is 19.0. The maximum atomic E-state index is 13.9. The Kier molecular flexibility index (Phi) is 4.88. The molecule has 3 aromatic rings. The van der Waals surface area contributed by atoms with E-state index >= 15 is 0 Å². The topological polar surface area (TPSA) is 45.7 Å². The van der Waals surface area contributed by atoms with Crippen LogP contribution in [-0.2, 0) is 0 Å². The molecule has 5 nitrogen and oxygen atoms in total. The van der Waals surface area contributed by atoms with Gasteiger partial charge in [0.2, 0.25) is 0 Å². The number of hydrogen-bond acceptors (Lipinski definition) is 5. The molecule has 0 unspecified atom stereocenters. The van der Waals surface area contributed by atoms with Gasteiger partial charge in [-0.2, -0.15) is 0 Å². The number of piperazine rings is 1. The van der Waals surface area contributed by atoms with Crippen molar-refractivity contribution in [3.05, 3.63) is 52.8 Å². The molecule has 1 aliphatic heterocycles. The quantitative estimate of drug-likeness (QED) is 0.659. The first-order chi connectivity index (χ1) is 13.1. The number of rotatable bonds is 3. The van der Waals surface area contributed by atoms with E-state index < -0.39 is 5.82 Å². The molecule has 2 aromatic carbocycles. The third kappa shape index (κ3) is 3.33. The molecular formula is C19H17ClFN3O2S. The number of carbonyl (C=O) groups excluding carboxylic acids is 1. The van der Waals surface area contributed by atoms with Gasteiger partial charge in [0.05, 0.1) is 22.4 Å². The second-order valence-electron chi connectivity index (χ2n) is 6.18. The van der Waals surface area contributed by atoms with Gasteiger partial charge >= 0.3 is 0 Å². The minimum absolute atomic E-state index is 0.116. The molecule has 140 valence electrons. The van der Waals surface area contributed by atoms with E-state index in [2.05, 4.69) is 9.88 Å². The van der Waals surface area contributed by atoms with Crippen molar-refractivity contribution >= 4 is 44.2 Å². The Morgan fingerprint density at radius 2 is 1.93 bits per heavy atom. The van der Waals surface area contributed by atoms with E-state index in [-0.39, 0.29) is 11.5 Å². The van der Waals surface area contributed by atoms with E-state index in [1.54, 1.807) is 41.5 Å². The fraction of sp³-hybridized carbons (Fsp3) is 0.263. The van der Waals surface area contributed by atoms with Crippen LogP contribution >= 0.6 is 22.9 Å². The molecule has 1 aliphatic rings. The molecule has 0 spiro atoms. The number of hydrogen-bond donors (Lipinski definition) is 0. The number of fused-ring (bicyclic) bond motifs is 1. The molecule has 27 heavy (non-hydrogen) atoms. The van der Waals surface area contributed by atoms with Crippen LogP contribution in [0.5, 0.6) is 5.75 Å². The molecule has 1 aromatic heterocycles. The van der Waals surface area contributed by atoms with Gasteiger partial charge in [0.15, 0.2) is 10.9 Å². The summed E-state index contributed by atoms with van der Waals surface area (Å²) in [6, 6.07) is 9.82. The van der Waals surface area contributed by atoms with Crippen LogP contribution in [0.1, 0.15) is 10.4 Å². The molecule has 0 saturated carbocycles. The van der Waals surface area contributed by atoms with Crippen LogP contribution in [0.25, 0.3) is 10.2 Å². The summed E-state index contributed by atoms with van der Waals surface area (Å²) in [7, 11) is 1.58. The van der Waals surface area contributed by atoms with E-state index in [1.807, 2.05) is 6.07 Å². The number of nitrogens with zero attached hydrogens (tertiary/aromatic N) is 3. The van der Waals surface area contributed by atoms with Crippen molar-refractivity contribution in [1.29, 1.82) is 0 Å². The normalized spacial score (nSPS) is 14.6. The molecule has 8 heteroatoms. The highest BCUT2D eigenvalue weighted by Gasteiger charge is 2.25. The molecule has 0 atom stereocenters. The molecule has 0 aliphatic carbocycles. The summed E-state index contributed by atoms with van der Waals surface area (Å²) < 4.78 is 20.2. The molecule has 1 fully saturated rings. The second kappa shape index (κ2) is 7.32. The van der Waals surface area contributed by atoms with Gasteiger partial charge in [-0.25, -0.2) is 9.37 Å². The SMILES string of the molecule is COc1c(Cl)ccc2sc(N3CCN(C(=O)c4ccccc4F)CC3)nc12. The van der Waals surface area contributed by atoms with Crippen LogP contribution in [0.3, 0.4) is 0 Å². The van der Waals surface area contributed by atoms with E-state index in [4.69, 9.17) is 16.3 Å². The van der Waals surface area contributed by atoms with Gasteiger partial charge in [-0.15, -0.1) is 0 Å². The van der Waals surface area contributed by atoms with Crippen LogP contribution in [0.2, 0.25) is 5.02 Å². The number of carbonyl (C=O) groups is 1. The molecule has 0 N–H and O–H groups in total. The van der Waals surface area contributed by atoms with Crippen molar-refractivity contribution in [3.63, 3.8) is 0 Å². The van der Waals surface area contributed by atoms with Crippen molar-refractivity contribution < 1.29 is 13.9 Å². The van der Waals surface area contributed by atoms with Crippen LogP contribution < -0.4 is 9.64 Å². The fourth-order valence-corrected chi connectivity index (χ4v) is 4.41. The first-order valence-electron chi connectivity index (χ1n) is 8.50. The molecule has 0 radical (unpaired) electrons. The van der Waals surface area contributed by atoms with Gasteiger partial charge < -0.3 is 14.5 Å². The Labute approximate surface area is 164 Å². The van der Waals surface area contributed by atoms with E-state index in [0.29, 0.717) is 37.0 Å². The Hall–Kier alpha value is -2.38. The summed E-state index contributed by atoms with van der Waals surface area (Å²) in [5.74, 6) is -0.185. The van der Waals surface area contributed by atoms with Crippen LogP contribution in [0.4, 0.5) is 9.52 Å². The summed E-state index contributed by atoms with van der Waals surface area (Å²) in [5, 5.41) is 1.39. The number of amides is 1. The summed E-state index contributed by atoms with van der Waals surface area (Å²) in [5.41, 5.74) is 0.861. The number of benzene rings is 2. The molecule has 2 heterocycles. The summed E-state index contributed by atoms with van der Waals surface area (Å²) in [6.07, 6.45) is 0. The van der Waals surface area contributed by atoms with Crippen LogP contribution in [0.15, 0.2) is 36.4 Å². The molecule has 1 saturated heterocycles. The highest BCUT2D eigenvalue weighted by Crippen LogP contribution is 2.38. The summed E-state index contributed by atoms with van der Waals surface area (Å²) >= 11 is 7.74. The monoisotopic (exact) mass is 405 g/mol. The number of thiazole rings is 1. The smallest absolute Gasteiger partial charge is 0.256 e. The highest BCUT2D eigenvalue weighted by molar-refractivity contribution is 7.22. The Morgan fingerprint density at radius 3 is 2.63 bits per heavy atom. The lowest BCUT2D eigenvalue weighted by Gasteiger charge is -2.34. The van der Waals surface area contributed by atoms with Gasteiger partial charge in [0, 0.05) is 26.2 Å². The summed E-state index contributed by atoms with van der Waals surface area (Å²) in [4.78, 5) is 21.0. The number of methoxy groups -OCH3 is 1. The fourth-order valence-electron chi connectivity index (χ4n) is 3.17. The zero-order valence-corrected chi connectivity index (χ0v) is 16.2. The van der Waals surface area contributed by atoms with Crippen LogP contribution in [-0.4, -0.2) is 49.1 Å². The number of aromatic nitrogens is 1. The number of halogens is 2. The lowest BCUT2D eigenvalue weighted by Crippen LogP contribution is -2.49. The highest BCUT2D eigenvalue weighted by atomic mass is 35.5. The van der Waals surface area contributed by atoms with Gasteiger partial charge in [-0.3, -0.25) is 4.79 Å². The van der Waals surface area contributed by atoms with Gasteiger partial charge in [-0.05, 0) is 24.3 Å². The van der Waals surface area contributed by atoms with Gasteiger partial charge in [0.25, 0.3) is 5.91 Å². The third-order valence-corrected chi connectivity index (χ3v) is 5.98. The van der Waals surface area contributed by atoms with Crippen LogP contribution in [0, 0.1) is 5.82 Å². The largest absolute Gasteiger partial charge is 0.493 e. The lowest BCUT2D eigenvalue weighted by molar-refractivity contribution is 0.0742. The Balaban J connectivity index is 1.50. The lowest BCUT2D eigenvalue weighted by atomic mass is 10.1. The first-order valence-corrected chi connectivity index (χ1v) is 9.69. The van der Waals surface area contributed by atoms with Crippen molar-refractivity contribution in [3.8, 4) is 5.75 Å². The minimum atomic E-state index is -0.486. The third-order valence-electron chi connectivity index (χ3n) is 4.60. The maximum Gasteiger partial charge on any atom is 0.256 e. The minimum Gasteiger partial charge on any atom is -0.493 e. The van der Waals surface area contributed by atoms with Crippen molar-refractivity contribution in [2.24, 2.45) is 0 Å². The molecule has 4 rings (SSSR count). The molecule has 0 bridgehead atoms. The standard InChI is InChI=1S/C19H17ClFN3O2S/c1-26-17-13(20)6-7-15-16(17)22-19(27-15)24-10-8-23(9-11-24)18(25)12-4-2-3-5-14(12)21/h2-7H,8-11H2,1H3. The molecular weight excluding hydrogens is 389 g/mol. The van der Waals surface area contributed by atoms with E-state index in [0.717, 1.165) is 15.3 Å². The predicted octanol–water partition coefficient (Wildman–Crippen LogP) is 4.06. The summed E-state index contributed by atoms with van der Waals surface area (Å²) in [6.45, 7) is 2.30. The second-order valence-corrected chi connectivity index (χ2v) is 7.60. The van der Waals surface area contributed by atoms with Gasteiger partial charge in [0.1, 0.15) is 11.3 Å². The van der Waals surface area contributed by atoms with E-state index in [9.17, 15) is 9.18 Å². The predicted molar refractivity (Wildman–Crippen MR) is 106 cm³/mol. The average molecular weight is 406 g/mol.